The SMILES string of the molecule is Cc1cccc(NC(=O)C2CCN(S(=O)(=O)c3cc(C(=O)N4CCCC4)n(C)c3)CC2)n1. The molecule has 0 spiro atoms. The van der Waals surface area contributed by atoms with E-state index in [0.717, 1.165) is 18.5 Å². The average Bonchev–Trinajstić information content (AvgIpc) is 3.44. The van der Waals surface area contributed by atoms with Crippen molar-refractivity contribution in [2.45, 2.75) is 37.5 Å². The molecule has 0 aliphatic carbocycles. The van der Waals surface area contributed by atoms with E-state index < -0.39 is 10.0 Å². The van der Waals surface area contributed by atoms with E-state index in [0.29, 0.717) is 37.4 Å². The summed E-state index contributed by atoms with van der Waals surface area (Å²) in [4.78, 5) is 31.5. The molecule has 4 heterocycles. The lowest BCUT2D eigenvalue weighted by Gasteiger charge is -2.30. The van der Waals surface area contributed by atoms with E-state index in [1.54, 1.807) is 22.6 Å². The molecule has 0 aromatic carbocycles. The maximum absolute atomic E-state index is 13.2. The molecule has 2 aromatic heterocycles. The van der Waals surface area contributed by atoms with Crippen LogP contribution in [0.2, 0.25) is 0 Å². The fourth-order valence-corrected chi connectivity index (χ4v) is 5.86. The van der Waals surface area contributed by atoms with Gasteiger partial charge in [0.1, 0.15) is 16.4 Å². The standard InChI is InChI=1S/C22H29N5O4S/c1-16-6-5-7-20(23-16)24-21(28)17-8-12-27(13-9-17)32(30,31)18-14-19(25(2)15-18)22(29)26-10-3-4-11-26/h5-7,14-15,17H,3-4,8-13H2,1-2H3,(H,23,24,28). The Hall–Kier alpha value is -2.72. The Morgan fingerprint density at radius 3 is 2.44 bits per heavy atom. The molecule has 2 aliphatic rings. The average molecular weight is 460 g/mol. The molecule has 2 fully saturated rings. The second-order valence-electron chi connectivity index (χ2n) is 8.50. The maximum Gasteiger partial charge on any atom is 0.270 e. The van der Waals surface area contributed by atoms with Gasteiger partial charge in [-0.05, 0) is 50.8 Å². The van der Waals surface area contributed by atoms with Crippen LogP contribution in [-0.4, -0.2) is 65.2 Å². The van der Waals surface area contributed by atoms with Gasteiger partial charge < -0.3 is 14.8 Å². The van der Waals surface area contributed by atoms with Crippen LogP contribution in [0.25, 0.3) is 0 Å². The molecule has 9 nitrogen and oxygen atoms in total. The number of hydrogen-bond acceptors (Lipinski definition) is 5. The Morgan fingerprint density at radius 1 is 1.09 bits per heavy atom. The van der Waals surface area contributed by atoms with Crippen molar-refractivity contribution in [3.8, 4) is 0 Å². The molecule has 4 rings (SSSR count). The Kier molecular flexibility index (Phi) is 6.34. The monoisotopic (exact) mass is 459 g/mol. The summed E-state index contributed by atoms with van der Waals surface area (Å²) in [5.74, 6) is -0.0404. The summed E-state index contributed by atoms with van der Waals surface area (Å²) in [5.41, 5.74) is 1.19. The molecular formula is C22H29N5O4S. The van der Waals surface area contributed by atoms with E-state index in [1.807, 2.05) is 19.1 Å². The number of hydrogen-bond donors (Lipinski definition) is 1. The van der Waals surface area contributed by atoms with Gasteiger partial charge in [-0.3, -0.25) is 9.59 Å². The van der Waals surface area contributed by atoms with Crippen LogP contribution in [0.4, 0.5) is 5.82 Å². The van der Waals surface area contributed by atoms with Gasteiger partial charge in [0.05, 0.1) is 0 Å². The predicted molar refractivity (Wildman–Crippen MR) is 120 cm³/mol. The number of aromatic nitrogens is 2. The number of nitrogens with zero attached hydrogens (tertiary/aromatic N) is 4. The zero-order valence-electron chi connectivity index (χ0n) is 18.5. The number of anilines is 1. The van der Waals surface area contributed by atoms with Gasteiger partial charge in [-0.1, -0.05) is 6.07 Å². The summed E-state index contributed by atoms with van der Waals surface area (Å²) in [6.45, 7) is 3.78. The van der Waals surface area contributed by atoms with Crippen LogP contribution in [-0.2, 0) is 21.9 Å². The zero-order valence-corrected chi connectivity index (χ0v) is 19.3. The molecule has 1 N–H and O–H groups in total. The molecule has 172 valence electrons. The minimum absolute atomic E-state index is 0.120. The Balaban J connectivity index is 1.40. The molecule has 2 aromatic rings. The maximum atomic E-state index is 13.2. The highest BCUT2D eigenvalue weighted by molar-refractivity contribution is 7.89. The van der Waals surface area contributed by atoms with Gasteiger partial charge in [0.2, 0.25) is 15.9 Å². The lowest BCUT2D eigenvalue weighted by Crippen LogP contribution is -2.41. The molecule has 32 heavy (non-hydrogen) atoms. The third kappa shape index (κ3) is 4.56. The summed E-state index contributed by atoms with van der Waals surface area (Å²) >= 11 is 0. The second kappa shape index (κ2) is 9.03. The van der Waals surface area contributed by atoms with Crippen molar-refractivity contribution >= 4 is 27.7 Å². The molecule has 0 bridgehead atoms. The molecule has 0 radical (unpaired) electrons. The number of carbonyl (C=O) groups is 2. The van der Waals surface area contributed by atoms with Crippen LogP contribution in [0, 0.1) is 12.8 Å². The van der Waals surface area contributed by atoms with Crippen LogP contribution in [0.1, 0.15) is 41.9 Å². The van der Waals surface area contributed by atoms with Crippen molar-refractivity contribution in [3.05, 3.63) is 41.9 Å². The van der Waals surface area contributed by atoms with Gasteiger partial charge in [0.15, 0.2) is 0 Å². The van der Waals surface area contributed by atoms with Crippen molar-refractivity contribution in [2.24, 2.45) is 13.0 Å². The number of likely N-dealkylation sites (tertiary alicyclic amines) is 1. The third-order valence-electron chi connectivity index (χ3n) is 6.19. The van der Waals surface area contributed by atoms with E-state index in [2.05, 4.69) is 10.3 Å². The van der Waals surface area contributed by atoms with Gasteiger partial charge in [-0.25, -0.2) is 13.4 Å². The smallest absolute Gasteiger partial charge is 0.270 e. The first-order chi connectivity index (χ1) is 15.3. The number of sulfonamides is 1. The molecular weight excluding hydrogens is 430 g/mol. The topological polar surface area (TPSA) is 105 Å². The minimum atomic E-state index is -3.74. The van der Waals surface area contributed by atoms with Crippen molar-refractivity contribution in [1.29, 1.82) is 0 Å². The zero-order chi connectivity index (χ0) is 22.9. The fourth-order valence-electron chi connectivity index (χ4n) is 4.32. The third-order valence-corrected chi connectivity index (χ3v) is 8.06. The number of pyridine rings is 1. The quantitative estimate of drug-likeness (QED) is 0.736. The van der Waals surface area contributed by atoms with E-state index in [1.165, 1.54) is 16.6 Å². The van der Waals surface area contributed by atoms with Crippen LogP contribution in [0.5, 0.6) is 0 Å². The summed E-state index contributed by atoms with van der Waals surface area (Å²) in [6, 6.07) is 6.89. The summed E-state index contributed by atoms with van der Waals surface area (Å²) in [5, 5.41) is 2.82. The molecule has 2 amide bonds. The van der Waals surface area contributed by atoms with Crippen molar-refractivity contribution in [1.82, 2.24) is 18.8 Å². The normalized spacial score (nSPS) is 18.1. The van der Waals surface area contributed by atoms with Crippen molar-refractivity contribution < 1.29 is 18.0 Å². The van der Waals surface area contributed by atoms with E-state index in [4.69, 9.17) is 0 Å². The second-order valence-corrected chi connectivity index (χ2v) is 10.4. The minimum Gasteiger partial charge on any atom is -0.345 e. The van der Waals surface area contributed by atoms with Crippen LogP contribution in [0.15, 0.2) is 35.4 Å². The largest absolute Gasteiger partial charge is 0.345 e. The molecule has 2 aliphatic heterocycles. The van der Waals surface area contributed by atoms with Gasteiger partial charge in [-0.15, -0.1) is 0 Å². The first-order valence-corrected chi connectivity index (χ1v) is 12.4. The van der Waals surface area contributed by atoms with Gasteiger partial charge in [0.25, 0.3) is 5.91 Å². The van der Waals surface area contributed by atoms with Gasteiger partial charge >= 0.3 is 0 Å². The van der Waals surface area contributed by atoms with Crippen molar-refractivity contribution in [3.63, 3.8) is 0 Å². The fraction of sp³-hybridized carbons (Fsp3) is 0.500. The summed E-state index contributed by atoms with van der Waals surface area (Å²) in [6.07, 6.45) is 4.32. The highest BCUT2D eigenvalue weighted by Crippen LogP contribution is 2.26. The number of carbonyl (C=O) groups excluding carboxylic acids is 2. The number of piperidine rings is 1. The van der Waals surface area contributed by atoms with Crippen LogP contribution in [0.3, 0.4) is 0 Å². The molecule has 0 unspecified atom stereocenters. The number of nitrogens with one attached hydrogen (secondary N) is 1. The Morgan fingerprint density at radius 2 is 1.78 bits per heavy atom. The first kappa shape index (κ1) is 22.5. The lowest BCUT2D eigenvalue weighted by molar-refractivity contribution is -0.120. The predicted octanol–water partition coefficient (Wildman–Crippen LogP) is 2.00. The van der Waals surface area contributed by atoms with Crippen LogP contribution < -0.4 is 5.32 Å². The highest BCUT2D eigenvalue weighted by atomic mass is 32.2. The summed E-state index contributed by atoms with van der Waals surface area (Å²) < 4.78 is 29.3. The Labute approximate surface area is 188 Å². The van der Waals surface area contributed by atoms with E-state index in [-0.39, 0.29) is 35.7 Å². The number of amides is 2. The number of rotatable bonds is 5. The summed E-state index contributed by atoms with van der Waals surface area (Å²) in [7, 11) is -2.04. The molecule has 2 saturated heterocycles. The lowest BCUT2D eigenvalue weighted by atomic mass is 9.97. The molecule has 10 heteroatoms. The number of aryl methyl sites for hydroxylation is 2. The van der Waals surface area contributed by atoms with E-state index in [9.17, 15) is 18.0 Å². The molecule has 0 saturated carbocycles. The van der Waals surface area contributed by atoms with Gasteiger partial charge in [0, 0.05) is 51.0 Å². The molecule has 0 atom stereocenters. The van der Waals surface area contributed by atoms with Crippen LogP contribution >= 0.6 is 0 Å². The highest BCUT2D eigenvalue weighted by Gasteiger charge is 2.34. The first-order valence-electron chi connectivity index (χ1n) is 11.0. The van der Waals surface area contributed by atoms with E-state index >= 15 is 0 Å². The van der Waals surface area contributed by atoms with Crippen molar-refractivity contribution in [2.75, 3.05) is 31.5 Å². The Bertz CT molecular complexity index is 1110. The van der Waals surface area contributed by atoms with Gasteiger partial charge in [-0.2, -0.15) is 4.31 Å².